The van der Waals surface area contributed by atoms with Crippen molar-refractivity contribution in [2.75, 3.05) is 26.7 Å². The Morgan fingerprint density at radius 2 is 2.12 bits per heavy atom. The normalized spacial score (nSPS) is 19.1. The van der Waals surface area contributed by atoms with E-state index in [4.69, 9.17) is 0 Å². The SMILES string of the molecule is CN1CCN(C(=O)c2ccc3nc[nH]c3c2)C[C@@H]1c1nccn1C. The molecular formula is C17H20N6O. The van der Waals surface area contributed by atoms with Gasteiger partial charge in [0.1, 0.15) is 5.82 Å². The smallest absolute Gasteiger partial charge is 0.254 e. The average molecular weight is 324 g/mol. The minimum absolute atomic E-state index is 0.0545. The first-order chi connectivity index (χ1) is 11.6. The van der Waals surface area contributed by atoms with E-state index in [9.17, 15) is 4.79 Å². The van der Waals surface area contributed by atoms with Crippen molar-refractivity contribution in [3.8, 4) is 0 Å². The van der Waals surface area contributed by atoms with E-state index in [-0.39, 0.29) is 11.9 Å². The van der Waals surface area contributed by atoms with Crippen molar-refractivity contribution in [3.63, 3.8) is 0 Å². The van der Waals surface area contributed by atoms with E-state index in [2.05, 4.69) is 26.9 Å². The lowest BCUT2D eigenvalue weighted by molar-refractivity contribution is 0.0529. The third-order valence-corrected chi connectivity index (χ3v) is 4.76. The molecule has 0 radical (unpaired) electrons. The molecule has 1 amide bonds. The van der Waals surface area contributed by atoms with Crippen LogP contribution in [-0.2, 0) is 7.05 Å². The minimum atomic E-state index is 0.0545. The number of aromatic nitrogens is 4. The molecule has 0 aliphatic carbocycles. The maximum Gasteiger partial charge on any atom is 0.254 e. The predicted molar refractivity (Wildman–Crippen MR) is 90.6 cm³/mol. The largest absolute Gasteiger partial charge is 0.345 e. The molecule has 0 bridgehead atoms. The quantitative estimate of drug-likeness (QED) is 0.774. The molecule has 1 aliphatic rings. The molecule has 0 saturated carbocycles. The predicted octanol–water partition coefficient (Wildman–Crippen LogP) is 1.43. The van der Waals surface area contributed by atoms with Gasteiger partial charge in [-0.15, -0.1) is 0 Å². The summed E-state index contributed by atoms with van der Waals surface area (Å²) in [5.41, 5.74) is 2.45. The number of hydrogen-bond donors (Lipinski definition) is 1. The van der Waals surface area contributed by atoms with Gasteiger partial charge in [0.15, 0.2) is 0 Å². The lowest BCUT2D eigenvalue weighted by Crippen LogP contribution is -2.49. The number of H-pyrrole nitrogens is 1. The molecule has 24 heavy (non-hydrogen) atoms. The van der Waals surface area contributed by atoms with Crippen molar-refractivity contribution in [1.29, 1.82) is 0 Å². The maximum atomic E-state index is 12.9. The van der Waals surface area contributed by atoms with Crippen LogP contribution < -0.4 is 0 Å². The zero-order valence-electron chi connectivity index (χ0n) is 13.8. The molecule has 7 heteroatoms. The fourth-order valence-corrected chi connectivity index (χ4v) is 3.29. The number of rotatable bonds is 2. The number of fused-ring (bicyclic) bond motifs is 1. The number of amides is 1. The van der Waals surface area contributed by atoms with Gasteiger partial charge in [0.2, 0.25) is 0 Å². The zero-order valence-corrected chi connectivity index (χ0v) is 13.8. The molecular weight excluding hydrogens is 304 g/mol. The first-order valence-electron chi connectivity index (χ1n) is 8.03. The first kappa shape index (κ1) is 14.9. The second-order valence-electron chi connectivity index (χ2n) is 6.28. The van der Waals surface area contributed by atoms with E-state index in [0.717, 1.165) is 29.9 Å². The first-order valence-corrected chi connectivity index (χ1v) is 8.03. The number of aromatic amines is 1. The fourth-order valence-electron chi connectivity index (χ4n) is 3.29. The molecule has 1 aliphatic heterocycles. The highest BCUT2D eigenvalue weighted by Crippen LogP contribution is 2.24. The summed E-state index contributed by atoms with van der Waals surface area (Å²) in [4.78, 5) is 28.8. The lowest BCUT2D eigenvalue weighted by atomic mass is 10.1. The second kappa shape index (κ2) is 5.76. The highest BCUT2D eigenvalue weighted by atomic mass is 16.2. The number of likely N-dealkylation sites (N-methyl/N-ethyl adjacent to an activating group) is 1. The molecule has 124 valence electrons. The van der Waals surface area contributed by atoms with E-state index >= 15 is 0 Å². The van der Waals surface area contributed by atoms with E-state index in [1.54, 1.807) is 12.5 Å². The number of nitrogens with zero attached hydrogens (tertiary/aromatic N) is 5. The van der Waals surface area contributed by atoms with Gasteiger partial charge in [-0.25, -0.2) is 9.97 Å². The Bertz CT molecular complexity index is 882. The number of carbonyl (C=O) groups is 1. The molecule has 1 aromatic carbocycles. The van der Waals surface area contributed by atoms with Gasteiger partial charge in [-0.05, 0) is 25.2 Å². The summed E-state index contributed by atoms with van der Waals surface area (Å²) in [5, 5.41) is 0. The van der Waals surface area contributed by atoms with Crippen LogP contribution in [-0.4, -0.2) is 61.9 Å². The molecule has 0 spiro atoms. The fraction of sp³-hybridized carbons (Fsp3) is 0.353. The number of hydrogen-bond acceptors (Lipinski definition) is 4. The average Bonchev–Trinajstić information content (AvgIpc) is 3.22. The van der Waals surface area contributed by atoms with Crippen molar-refractivity contribution in [1.82, 2.24) is 29.3 Å². The van der Waals surface area contributed by atoms with Crippen LogP contribution in [0.4, 0.5) is 0 Å². The lowest BCUT2D eigenvalue weighted by Gasteiger charge is -2.39. The molecule has 3 heterocycles. The van der Waals surface area contributed by atoms with E-state index in [1.165, 1.54) is 0 Å². The standard InChI is InChI=1S/C17H20N6O/c1-21-7-8-23(10-15(21)16-18-5-6-22(16)2)17(24)12-3-4-13-14(9-12)20-11-19-13/h3-6,9,11,15H,7-8,10H2,1-2H3,(H,19,20)/t15-/m1/s1. The summed E-state index contributed by atoms with van der Waals surface area (Å²) in [6.45, 7) is 2.19. The molecule has 2 aromatic heterocycles. The van der Waals surface area contributed by atoms with E-state index in [0.29, 0.717) is 12.1 Å². The van der Waals surface area contributed by atoms with Gasteiger partial charge in [-0.1, -0.05) is 0 Å². The number of carbonyl (C=O) groups excluding carboxylic acids is 1. The highest BCUT2D eigenvalue weighted by molar-refractivity contribution is 5.97. The number of aryl methyl sites for hydroxylation is 1. The third-order valence-electron chi connectivity index (χ3n) is 4.76. The van der Waals surface area contributed by atoms with Gasteiger partial charge in [-0.3, -0.25) is 9.69 Å². The third kappa shape index (κ3) is 2.46. The molecule has 1 N–H and O–H groups in total. The van der Waals surface area contributed by atoms with Crippen molar-refractivity contribution in [3.05, 3.63) is 48.3 Å². The summed E-state index contributed by atoms with van der Waals surface area (Å²) >= 11 is 0. The van der Waals surface area contributed by atoms with Crippen molar-refractivity contribution < 1.29 is 4.79 Å². The van der Waals surface area contributed by atoms with E-state index < -0.39 is 0 Å². The van der Waals surface area contributed by atoms with Crippen LogP contribution in [0.3, 0.4) is 0 Å². The van der Waals surface area contributed by atoms with Crippen LogP contribution in [0.5, 0.6) is 0 Å². The summed E-state index contributed by atoms with van der Waals surface area (Å²) in [7, 11) is 4.07. The zero-order chi connectivity index (χ0) is 16.7. The van der Waals surface area contributed by atoms with Gasteiger partial charge < -0.3 is 14.5 Å². The summed E-state index contributed by atoms with van der Waals surface area (Å²) < 4.78 is 2.02. The Hall–Kier alpha value is -2.67. The Balaban J connectivity index is 1.59. The molecule has 1 atom stereocenters. The number of benzene rings is 1. The van der Waals surface area contributed by atoms with Crippen molar-refractivity contribution >= 4 is 16.9 Å². The topological polar surface area (TPSA) is 70.1 Å². The Morgan fingerprint density at radius 1 is 1.25 bits per heavy atom. The second-order valence-corrected chi connectivity index (χ2v) is 6.28. The van der Waals surface area contributed by atoms with Crippen LogP contribution in [0, 0.1) is 0 Å². The van der Waals surface area contributed by atoms with E-state index in [1.807, 2.05) is 40.9 Å². The Kier molecular flexibility index (Phi) is 3.57. The van der Waals surface area contributed by atoms with Gasteiger partial charge in [0.25, 0.3) is 5.91 Å². The number of nitrogens with one attached hydrogen (secondary N) is 1. The minimum Gasteiger partial charge on any atom is -0.345 e. The molecule has 3 aromatic rings. The van der Waals surface area contributed by atoms with Crippen LogP contribution in [0.15, 0.2) is 36.9 Å². The molecule has 7 nitrogen and oxygen atoms in total. The Labute approximate surface area is 139 Å². The number of imidazole rings is 2. The summed E-state index contributed by atoms with van der Waals surface area (Å²) in [6, 6.07) is 5.71. The summed E-state index contributed by atoms with van der Waals surface area (Å²) in [5.74, 6) is 1.04. The monoisotopic (exact) mass is 324 g/mol. The van der Waals surface area contributed by atoms with Crippen molar-refractivity contribution in [2.24, 2.45) is 7.05 Å². The molecule has 0 unspecified atom stereocenters. The molecule has 1 saturated heterocycles. The van der Waals surface area contributed by atoms with Crippen LogP contribution in [0.1, 0.15) is 22.2 Å². The van der Waals surface area contributed by atoms with Crippen LogP contribution >= 0.6 is 0 Å². The number of piperazine rings is 1. The van der Waals surface area contributed by atoms with Gasteiger partial charge in [0, 0.05) is 44.6 Å². The van der Waals surface area contributed by atoms with Crippen LogP contribution in [0.2, 0.25) is 0 Å². The van der Waals surface area contributed by atoms with Gasteiger partial charge >= 0.3 is 0 Å². The maximum absolute atomic E-state index is 12.9. The molecule has 1 fully saturated rings. The van der Waals surface area contributed by atoms with Crippen molar-refractivity contribution in [2.45, 2.75) is 6.04 Å². The molecule has 4 rings (SSSR count). The van der Waals surface area contributed by atoms with Gasteiger partial charge in [-0.2, -0.15) is 0 Å². The van der Waals surface area contributed by atoms with Gasteiger partial charge in [0.05, 0.1) is 23.4 Å². The van der Waals surface area contributed by atoms with Crippen LogP contribution in [0.25, 0.3) is 11.0 Å². The summed E-state index contributed by atoms with van der Waals surface area (Å²) in [6.07, 6.45) is 5.39. The highest BCUT2D eigenvalue weighted by Gasteiger charge is 2.31. The Morgan fingerprint density at radius 3 is 2.92 bits per heavy atom.